The van der Waals surface area contributed by atoms with Crippen molar-refractivity contribution < 1.29 is 9.50 Å². The normalized spacial score (nSPS) is 10.3. The van der Waals surface area contributed by atoms with Crippen LogP contribution in [-0.4, -0.2) is 9.67 Å². The molecule has 0 radical (unpaired) electrons. The van der Waals surface area contributed by atoms with Gasteiger partial charge in [0.1, 0.15) is 0 Å². The standard InChI is InChI=1S/C12H10FNO2/c13-10-7-9(4-5-11(10)15)8-14-6-2-1-3-12(14)16/h1-7,15H,8H2. The van der Waals surface area contributed by atoms with E-state index < -0.39 is 5.82 Å². The average molecular weight is 219 g/mol. The summed E-state index contributed by atoms with van der Waals surface area (Å²) in [6.45, 7) is 0.289. The summed E-state index contributed by atoms with van der Waals surface area (Å²) < 4.78 is 14.5. The van der Waals surface area contributed by atoms with Gasteiger partial charge in [0.05, 0.1) is 6.54 Å². The van der Waals surface area contributed by atoms with Gasteiger partial charge in [0.15, 0.2) is 11.6 Å². The Morgan fingerprint density at radius 1 is 1.25 bits per heavy atom. The molecule has 0 fully saturated rings. The maximum absolute atomic E-state index is 13.0. The fraction of sp³-hybridized carbons (Fsp3) is 0.0833. The van der Waals surface area contributed by atoms with Gasteiger partial charge in [-0.15, -0.1) is 0 Å². The van der Waals surface area contributed by atoms with Crippen LogP contribution in [0.5, 0.6) is 5.75 Å². The van der Waals surface area contributed by atoms with Crippen LogP contribution in [0.3, 0.4) is 0 Å². The molecule has 3 nitrogen and oxygen atoms in total. The summed E-state index contributed by atoms with van der Waals surface area (Å²) in [5, 5.41) is 9.02. The van der Waals surface area contributed by atoms with Crippen molar-refractivity contribution in [2.45, 2.75) is 6.54 Å². The molecule has 1 heterocycles. The Balaban J connectivity index is 2.31. The lowest BCUT2D eigenvalue weighted by atomic mass is 10.2. The highest BCUT2D eigenvalue weighted by Gasteiger charge is 2.02. The van der Waals surface area contributed by atoms with Crippen LogP contribution >= 0.6 is 0 Å². The molecule has 0 aliphatic heterocycles. The summed E-state index contributed by atoms with van der Waals surface area (Å²) in [5.41, 5.74) is 0.486. The van der Waals surface area contributed by atoms with Crippen molar-refractivity contribution in [3.63, 3.8) is 0 Å². The van der Waals surface area contributed by atoms with E-state index >= 15 is 0 Å². The molecule has 0 amide bonds. The Bertz CT molecular complexity index is 563. The van der Waals surface area contributed by atoms with Gasteiger partial charge in [-0.25, -0.2) is 4.39 Å². The van der Waals surface area contributed by atoms with E-state index in [1.165, 1.54) is 22.8 Å². The Hall–Kier alpha value is -2.10. The van der Waals surface area contributed by atoms with Gasteiger partial charge in [-0.3, -0.25) is 4.79 Å². The Morgan fingerprint density at radius 2 is 2.06 bits per heavy atom. The van der Waals surface area contributed by atoms with Gasteiger partial charge in [0, 0.05) is 12.3 Å². The minimum Gasteiger partial charge on any atom is -0.505 e. The van der Waals surface area contributed by atoms with Crippen molar-refractivity contribution in [2.75, 3.05) is 0 Å². The zero-order chi connectivity index (χ0) is 11.5. The number of halogens is 1. The summed E-state index contributed by atoms with van der Waals surface area (Å²) in [6, 6.07) is 8.90. The SMILES string of the molecule is O=c1ccccn1Cc1ccc(O)c(F)c1. The summed E-state index contributed by atoms with van der Waals surface area (Å²) >= 11 is 0. The van der Waals surface area contributed by atoms with Crippen molar-refractivity contribution in [2.24, 2.45) is 0 Å². The number of aromatic nitrogens is 1. The zero-order valence-electron chi connectivity index (χ0n) is 8.43. The lowest BCUT2D eigenvalue weighted by Crippen LogP contribution is -2.18. The second-order valence-corrected chi connectivity index (χ2v) is 3.45. The summed E-state index contributed by atoms with van der Waals surface area (Å²) in [5.74, 6) is -1.06. The summed E-state index contributed by atoms with van der Waals surface area (Å²) in [6.07, 6.45) is 1.63. The number of hydrogen-bond donors (Lipinski definition) is 1. The average Bonchev–Trinajstić information content (AvgIpc) is 2.27. The van der Waals surface area contributed by atoms with Gasteiger partial charge >= 0.3 is 0 Å². The second kappa shape index (κ2) is 4.18. The third-order valence-corrected chi connectivity index (χ3v) is 2.26. The topological polar surface area (TPSA) is 42.2 Å². The van der Waals surface area contributed by atoms with Crippen LogP contribution in [0.15, 0.2) is 47.4 Å². The van der Waals surface area contributed by atoms with Gasteiger partial charge in [-0.05, 0) is 23.8 Å². The number of aromatic hydroxyl groups is 1. The van der Waals surface area contributed by atoms with Crippen molar-refractivity contribution in [3.05, 3.63) is 64.3 Å². The van der Waals surface area contributed by atoms with Crippen molar-refractivity contribution >= 4 is 0 Å². The first-order valence-electron chi connectivity index (χ1n) is 4.80. The molecule has 16 heavy (non-hydrogen) atoms. The molecule has 1 N–H and O–H groups in total. The van der Waals surface area contributed by atoms with E-state index in [9.17, 15) is 9.18 Å². The molecule has 82 valence electrons. The van der Waals surface area contributed by atoms with Gasteiger partial charge in [-0.1, -0.05) is 12.1 Å². The quantitative estimate of drug-likeness (QED) is 0.835. The van der Waals surface area contributed by atoms with E-state index in [0.29, 0.717) is 5.56 Å². The van der Waals surface area contributed by atoms with E-state index in [-0.39, 0.29) is 17.9 Å². The first kappa shape index (κ1) is 10.4. The molecule has 0 atom stereocenters. The molecule has 0 spiro atoms. The van der Waals surface area contributed by atoms with Crippen LogP contribution in [0.1, 0.15) is 5.56 Å². The minimum absolute atomic E-state index is 0.143. The van der Waals surface area contributed by atoms with E-state index in [4.69, 9.17) is 5.11 Å². The van der Waals surface area contributed by atoms with Crippen LogP contribution in [0.25, 0.3) is 0 Å². The van der Waals surface area contributed by atoms with E-state index in [0.717, 1.165) is 0 Å². The number of pyridine rings is 1. The number of phenols is 1. The molecule has 2 aromatic rings. The first-order valence-corrected chi connectivity index (χ1v) is 4.80. The van der Waals surface area contributed by atoms with Crippen LogP contribution in [-0.2, 0) is 6.54 Å². The minimum atomic E-state index is -0.679. The Morgan fingerprint density at radius 3 is 2.75 bits per heavy atom. The second-order valence-electron chi connectivity index (χ2n) is 3.45. The maximum Gasteiger partial charge on any atom is 0.250 e. The number of benzene rings is 1. The molecule has 4 heteroatoms. The molecular weight excluding hydrogens is 209 g/mol. The molecule has 2 rings (SSSR count). The third-order valence-electron chi connectivity index (χ3n) is 2.26. The highest BCUT2D eigenvalue weighted by atomic mass is 19.1. The van der Waals surface area contributed by atoms with E-state index in [1.54, 1.807) is 24.4 Å². The summed E-state index contributed by atoms with van der Waals surface area (Å²) in [4.78, 5) is 11.4. The van der Waals surface area contributed by atoms with Gasteiger partial charge in [0.2, 0.25) is 0 Å². The monoisotopic (exact) mass is 219 g/mol. The number of phenolic OH excluding ortho intramolecular Hbond substituents is 1. The smallest absolute Gasteiger partial charge is 0.250 e. The predicted molar refractivity (Wildman–Crippen MR) is 57.9 cm³/mol. The summed E-state index contributed by atoms with van der Waals surface area (Å²) in [7, 11) is 0. The fourth-order valence-electron chi connectivity index (χ4n) is 1.44. The van der Waals surface area contributed by atoms with E-state index in [2.05, 4.69) is 0 Å². The highest BCUT2D eigenvalue weighted by Crippen LogP contribution is 2.16. The predicted octanol–water partition coefficient (Wildman–Crippen LogP) is 1.74. The molecular formula is C12H10FNO2. The lowest BCUT2D eigenvalue weighted by molar-refractivity contribution is 0.431. The maximum atomic E-state index is 13.0. The van der Waals surface area contributed by atoms with Crippen molar-refractivity contribution in [1.82, 2.24) is 4.57 Å². The van der Waals surface area contributed by atoms with Gasteiger partial charge in [-0.2, -0.15) is 0 Å². The van der Waals surface area contributed by atoms with Gasteiger partial charge in [0.25, 0.3) is 5.56 Å². The van der Waals surface area contributed by atoms with Gasteiger partial charge < -0.3 is 9.67 Å². The lowest BCUT2D eigenvalue weighted by Gasteiger charge is -2.05. The number of nitrogens with zero attached hydrogens (tertiary/aromatic N) is 1. The molecule has 0 aliphatic carbocycles. The first-order chi connectivity index (χ1) is 7.66. The van der Waals surface area contributed by atoms with E-state index in [1.807, 2.05) is 0 Å². The Labute approximate surface area is 91.4 Å². The molecule has 1 aromatic carbocycles. The fourth-order valence-corrected chi connectivity index (χ4v) is 1.44. The van der Waals surface area contributed by atoms with Crippen LogP contribution < -0.4 is 5.56 Å². The van der Waals surface area contributed by atoms with Crippen LogP contribution in [0, 0.1) is 5.82 Å². The largest absolute Gasteiger partial charge is 0.505 e. The molecule has 1 aromatic heterocycles. The molecule has 0 unspecified atom stereocenters. The highest BCUT2D eigenvalue weighted by molar-refractivity contribution is 5.28. The molecule has 0 aliphatic rings. The van der Waals surface area contributed by atoms with Crippen molar-refractivity contribution in [1.29, 1.82) is 0 Å². The zero-order valence-corrected chi connectivity index (χ0v) is 8.43. The van der Waals surface area contributed by atoms with Crippen molar-refractivity contribution in [3.8, 4) is 5.75 Å². The molecule has 0 bridgehead atoms. The Kier molecular flexibility index (Phi) is 2.72. The van der Waals surface area contributed by atoms with Crippen LogP contribution in [0.2, 0.25) is 0 Å². The molecule has 0 saturated carbocycles. The number of rotatable bonds is 2. The molecule has 0 saturated heterocycles. The third kappa shape index (κ3) is 2.11. The number of hydrogen-bond acceptors (Lipinski definition) is 2. The van der Waals surface area contributed by atoms with Crippen LogP contribution in [0.4, 0.5) is 4.39 Å².